The van der Waals surface area contributed by atoms with E-state index in [0.717, 1.165) is 12.8 Å². The van der Waals surface area contributed by atoms with Crippen molar-refractivity contribution in [3.63, 3.8) is 0 Å². The summed E-state index contributed by atoms with van der Waals surface area (Å²) in [5.74, 6) is -0.938. The Morgan fingerprint density at radius 3 is 2.25 bits per heavy atom. The summed E-state index contributed by atoms with van der Waals surface area (Å²) >= 11 is 0. The lowest BCUT2D eigenvalue weighted by molar-refractivity contribution is -0.185. The molecule has 1 atom stereocenters. The molecule has 1 N–H and O–H groups in total. The van der Waals surface area contributed by atoms with E-state index in [-0.39, 0.29) is 5.92 Å². The molecule has 0 unspecified atom stereocenters. The van der Waals surface area contributed by atoms with Gasteiger partial charge in [-0.25, -0.2) is 9.59 Å². The number of carbonyl (C=O) groups is 2. The van der Waals surface area contributed by atoms with Crippen molar-refractivity contribution in [3.05, 3.63) is 0 Å². The Labute approximate surface area is 117 Å². The number of ether oxygens (including phenoxy) is 4. The average Bonchev–Trinajstić information content (AvgIpc) is 2.93. The van der Waals surface area contributed by atoms with Crippen molar-refractivity contribution in [3.8, 4) is 0 Å². The predicted molar refractivity (Wildman–Crippen MR) is 67.9 cm³/mol. The molecule has 7 heteroatoms. The molecular weight excluding hydrogens is 266 g/mol. The number of carbonyl (C=O) groups excluding carboxylic acids is 2. The van der Waals surface area contributed by atoms with E-state index in [4.69, 9.17) is 14.2 Å². The summed E-state index contributed by atoms with van der Waals surface area (Å²) in [6.45, 7) is 1.23. The Morgan fingerprint density at radius 2 is 1.75 bits per heavy atom. The highest BCUT2D eigenvalue weighted by Crippen LogP contribution is 2.39. The van der Waals surface area contributed by atoms with Gasteiger partial charge in [0.15, 0.2) is 5.79 Å². The third-order valence-corrected chi connectivity index (χ3v) is 3.99. The molecule has 0 aromatic carbocycles. The fraction of sp³-hybridized carbons (Fsp3) is 0.846. The van der Waals surface area contributed by atoms with Crippen LogP contribution in [0.2, 0.25) is 0 Å². The Balaban J connectivity index is 1.96. The smallest absolute Gasteiger partial charge is 0.407 e. The molecule has 7 nitrogen and oxygen atoms in total. The number of hydrogen-bond donors (Lipinski definition) is 1. The van der Waals surface area contributed by atoms with Gasteiger partial charge in [-0.2, -0.15) is 0 Å². The third kappa shape index (κ3) is 3.21. The Hall–Kier alpha value is -1.34. The van der Waals surface area contributed by atoms with Gasteiger partial charge in [-0.15, -0.1) is 0 Å². The van der Waals surface area contributed by atoms with Gasteiger partial charge < -0.3 is 24.3 Å². The highest BCUT2D eigenvalue weighted by atomic mass is 16.7. The average molecular weight is 287 g/mol. The standard InChI is InChI=1S/C13H21NO6/c1-17-11(15)10(14-12(16)18-2)9-3-5-13(6-4-9)19-7-8-20-13/h9-10H,3-8H2,1-2H3,(H,14,16)/t10-/m0/s1. The van der Waals surface area contributed by atoms with Crippen molar-refractivity contribution in [2.45, 2.75) is 37.5 Å². The topological polar surface area (TPSA) is 83.1 Å². The second-order valence-electron chi connectivity index (χ2n) is 5.08. The van der Waals surface area contributed by atoms with Crippen LogP contribution in [-0.4, -0.2) is 51.3 Å². The van der Waals surface area contributed by atoms with Crippen molar-refractivity contribution in [1.29, 1.82) is 0 Å². The van der Waals surface area contributed by atoms with E-state index in [1.54, 1.807) is 0 Å². The van der Waals surface area contributed by atoms with Crippen LogP contribution in [0.15, 0.2) is 0 Å². The molecule has 114 valence electrons. The Morgan fingerprint density at radius 1 is 1.15 bits per heavy atom. The quantitative estimate of drug-likeness (QED) is 0.774. The lowest BCUT2D eigenvalue weighted by atomic mass is 9.80. The molecule has 0 radical (unpaired) electrons. The second kappa shape index (κ2) is 6.41. The van der Waals surface area contributed by atoms with Crippen LogP contribution in [0, 0.1) is 5.92 Å². The van der Waals surface area contributed by atoms with Gasteiger partial charge in [0.1, 0.15) is 6.04 Å². The molecule has 0 aromatic rings. The molecule has 1 saturated heterocycles. The molecule has 0 aromatic heterocycles. The van der Waals surface area contributed by atoms with Crippen molar-refractivity contribution < 1.29 is 28.5 Å². The van der Waals surface area contributed by atoms with E-state index in [9.17, 15) is 9.59 Å². The summed E-state index contributed by atoms with van der Waals surface area (Å²) in [6.07, 6.45) is 2.25. The fourth-order valence-corrected chi connectivity index (χ4v) is 2.88. The summed E-state index contributed by atoms with van der Waals surface area (Å²) < 4.78 is 20.6. The van der Waals surface area contributed by atoms with Crippen LogP contribution in [0.4, 0.5) is 4.79 Å². The van der Waals surface area contributed by atoms with E-state index >= 15 is 0 Å². The largest absolute Gasteiger partial charge is 0.467 e. The fourth-order valence-electron chi connectivity index (χ4n) is 2.88. The summed E-state index contributed by atoms with van der Waals surface area (Å²) in [6, 6.07) is -0.689. The van der Waals surface area contributed by atoms with Gasteiger partial charge in [0.2, 0.25) is 0 Å². The van der Waals surface area contributed by atoms with Crippen LogP contribution >= 0.6 is 0 Å². The minimum absolute atomic E-state index is 0.0000231. The SMILES string of the molecule is COC(=O)N[C@H](C(=O)OC)C1CCC2(CC1)OCCO2. The molecule has 2 rings (SSSR count). The highest BCUT2D eigenvalue weighted by Gasteiger charge is 2.43. The first kappa shape index (κ1) is 15.1. The maximum Gasteiger partial charge on any atom is 0.407 e. The monoisotopic (exact) mass is 287 g/mol. The normalized spacial score (nSPS) is 23.3. The number of rotatable bonds is 3. The van der Waals surface area contributed by atoms with Gasteiger partial charge in [0, 0.05) is 12.8 Å². The Bertz CT molecular complexity index is 356. The van der Waals surface area contributed by atoms with Gasteiger partial charge in [-0.05, 0) is 18.8 Å². The van der Waals surface area contributed by atoms with Crippen LogP contribution in [0.3, 0.4) is 0 Å². The maximum absolute atomic E-state index is 11.8. The minimum atomic E-state index is -0.689. The molecule has 2 fully saturated rings. The lowest BCUT2D eigenvalue weighted by Gasteiger charge is -2.37. The Kier molecular flexibility index (Phi) is 4.82. The number of alkyl carbamates (subject to hydrolysis) is 1. The van der Waals surface area contributed by atoms with Crippen molar-refractivity contribution >= 4 is 12.1 Å². The summed E-state index contributed by atoms with van der Waals surface area (Å²) in [4.78, 5) is 23.2. The zero-order valence-corrected chi connectivity index (χ0v) is 11.8. The van der Waals surface area contributed by atoms with Crippen molar-refractivity contribution in [2.75, 3.05) is 27.4 Å². The number of hydrogen-bond acceptors (Lipinski definition) is 6. The summed E-state index contributed by atoms with van der Waals surface area (Å²) in [7, 11) is 2.57. The molecule has 1 heterocycles. The number of amides is 1. The molecule has 1 amide bonds. The van der Waals surface area contributed by atoms with Crippen LogP contribution in [0.5, 0.6) is 0 Å². The third-order valence-electron chi connectivity index (χ3n) is 3.99. The van der Waals surface area contributed by atoms with E-state index in [1.165, 1.54) is 14.2 Å². The first-order valence-electron chi connectivity index (χ1n) is 6.80. The minimum Gasteiger partial charge on any atom is -0.467 e. The zero-order valence-electron chi connectivity index (χ0n) is 11.8. The highest BCUT2D eigenvalue weighted by molar-refractivity contribution is 5.81. The molecule has 20 heavy (non-hydrogen) atoms. The zero-order chi connectivity index (χ0) is 14.6. The van der Waals surface area contributed by atoms with Gasteiger partial charge in [0.25, 0.3) is 0 Å². The van der Waals surface area contributed by atoms with Crippen LogP contribution in [0.25, 0.3) is 0 Å². The number of nitrogens with one attached hydrogen (secondary N) is 1. The molecule has 0 bridgehead atoms. The van der Waals surface area contributed by atoms with Gasteiger partial charge >= 0.3 is 12.1 Å². The molecular formula is C13H21NO6. The van der Waals surface area contributed by atoms with E-state index < -0.39 is 23.9 Å². The predicted octanol–water partition coefficient (Wildman–Crippen LogP) is 0.817. The first-order chi connectivity index (χ1) is 9.60. The molecule has 1 aliphatic carbocycles. The maximum atomic E-state index is 11.8. The van der Waals surface area contributed by atoms with E-state index in [2.05, 4.69) is 10.1 Å². The molecule has 1 saturated carbocycles. The van der Waals surface area contributed by atoms with E-state index in [0.29, 0.717) is 26.1 Å². The van der Waals surface area contributed by atoms with Crippen molar-refractivity contribution in [2.24, 2.45) is 5.92 Å². The summed E-state index contributed by atoms with van der Waals surface area (Å²) in [5, 5.41) is 2.55. The van der Waals surface area contributed by atoms with Gasteiger partial charge in [-0.3, -0.25) is 0 Å². The van der Waals surface area contributed by atoms with Crippen molar-refractivity contribution in [1.82, 2.24) is 5.32 Å². The number of esters is 1. The second-order valence-corrected chi connectivity index (χ2v) is 5.08. The van der Waals surface area contributed by atoms with Gasteiger partial charge in [-0.1, -0.05) is 0 Å². The molecule has 1 aliphatic heterocycles. The number of methoxy groups -OCH3 is 2. The molecule has 1 spiro atoms. The summed E-state index contributed by atoms with van der Waals surface area (Å²) in [5.41, 5.74) is 0. The van der Waals surface area contributed by atoms with Crippen LogP contribution < -0.4 is 5.32 Å². The van der Waals surface area contributed by atoms with Crippen LogP contribution in [0.1, 0.15) is 25.7 Å². The van der Waals surface area contributed by atoms with Crippen LogP contribution in [-0.2, 0) is 23.7 Å². The van der Waals surface area contributed by atoms with Gasteiger partial charge in [0.05, 0.1) is 27.4 Å². The molecule has 2 aliphatic rings. The van der Waals surface area contributed by atoms with E-state index in [1.807, 2.05) is 0 Å². The lowest BCUT2D eigenvalue weighted by Crippen LogP contribution is -2.49. The first-order valence-corrected chi connectivity index (χ1v) is 6.80.